The van der Waals surface area contributed by atoms with E-state index in [2.05, 4.69) is 17.0 Å². The average Bonchev–Trinajstić information content (AvgIpc) is 3.11. The maximum absolute atomic E-state index is 12.6. The van der Waals surface area contributed by atoms with E-state index < -0.39 is 0 Å². The molecule has 4 rings (SSSR count). The van der Waals surface area contributed by atoms with Crippen molar-refractivity contribution in [3.63, 3.8) is 0 Å². The summed E-state index contributed by atoms with van der Waals surface area (Å²) in [5.74, 6) is 1.51. The summed E-state index contributed by atoms with van der Waals surface area (Å²) in [6.45, 7) is 3.78. The van der Waals surface area contributed by atoms with Crippen LogP contribution in [-0.2, 0) is 0 Å². The summed E-state index contributed by atoms with van der Waals surface area (Å²) < 4.78 is 11.5. The Labute approximate surface area is 146 Å². The van der Waals surface area contributed by atoms with Gasteiger partial charge in [0.2, 0.25) is 0 Å². The van der Waals surface area contributed by atoms with E-state index in [1.165, 1.54) is 5.01 Å². The van der Waals surface area contributed by atoms with Gasteiger partial charge in [0.15, 0.2) is 0 Å². The predicted molar refractivity (Wildman–Crippen MR) is 93.0 cm³/mol. The molecule has 6 nitrogen and oxygen atoms in total. The van der Waals surface area contributed by atoms with Crippen LogP contribution in [0.5, 0.6) is 11.5 Å². The number of carbonyl (C=O) groups is 1. The molecule has 1 atom stereocenters. The first-order chi connectivity index (χ1) is 12.3. The second kappa shape index (κ2) is 6.55. The molecule has 6 heteroatoms. The molecule has 25 heavy (non-hydrogen) atoms. The van der Waals surface area contributed by atoms with Gasteiger partial charge in [-0.15, -0.1) is 0 Å². The number of hydrogen-bond acceptors (Lipinski definition) is 5. The van der Waals surface area contributed by atoms with E-state index in [0.29, 0.717) is 25.3 Å². The van der Waals surface area contributed by atoms with E-state index in [-0.39, 0.29) is 11.8 Å². The van der Waals surface area contributed by atoms with Crippen molar-refractivity contribution in [3.8, 4) is 11.5 Å². The van der Waals surface area contributed by atoms with Crippen molar-refractivity contribution in [2.75, 3.05) is 19.8 Å². The predicted octanol–water partition coefficient (Wildman–Crippen LogP) is 2.74. The van der Waals surface area contributed by atoms with Crippen LogP contribution in [0, 0.1) is 5.92 Å². The zero-order chi connectivity index (χ0) is 17.2. The van der Waals surface area contributed by atoms with Gasteiger partial charge in [-0.1, -0.05) is 6.92 Å². The Hall–Kier alpha value is -2.89. The van der Waals surface area contributed by atoms with Crippen LogP contribution in [0.4, 0.5) is 0 Å². The van der Waals surface area contributed by atoms with Gasteiger partial charge in [-0.3, -0.25) is 9.78 Å². The fourth-order valence-electron chi connectivity index (χ4n) is 3.05. The number of nitrogens with zero attached hydrogens (tertiary/aromatic N) is 3. The lowest BCUT2D eigenvalue weighted by atomic mass is 9.95. The zero-order valence-corrected chi connectivity index (χ0v) is 14.0. The summed E-state index contributed by atoms with van der Waals surface area (Å²) in [5, 5.41) is 6.08. The largest absolute Gasteiger partial charge is 0.493 e. The first-order valence-corrected chi connectivity index (χ1v) is 8.46. The number of pyridine rings is 1. The number of benzene rings is 1. The lowest BCUT2D eigenvalue weighted by molar-refractivity contribution is 0.0760. The molecule has 2 aliphatic heterocycles. The maximum Gasteiger partial charge on any atom is 0.275 e. The van der Waals surface area contributed by atoms with Crippen LogP contribution >= 0.6 is 0 Å². The van der Waals surface area contributed by atoms with Gasteiger partial charge in [0.1, 0.15) is 11.5 Å². The Bertz CT molecular complexity index is 820. The Morgan fingerprint density at radius 3 is 3.12 bits per heavy atom. The zero-order valence-electron chi connectivity index (χ0n) is 14.0. The third-order valence-electron chi connectivity index (χ3n) is 4.29. The van der Waals surface area contributed by atoms with Gasteiger partial charge >= 0.3 is 0 Å². The van der Waals surface area contributed by atoms with Gasteiger partial charge in [0.05, 0.1) is 37.0 Å². The van der Waals surface area contributed by atoms with E-state index in [1.807, 2.05) is 18.2 Å². The number of ether oxygens (including phenoxy) is 2. The third-order valence-corrected chi connectivity index (χ3v) is 4.29. The minimum absolute atomic E-state index is 0.0931. The number of carbonyl (C=O) groups excluding carboxylic acids is 1. The molecule has 128 valence electrons. The van der Waals surface area contributed by atoms with Gasteiger partial charge in [0.25, 0.3) is 5.91 Å². The summed E-state index contributed by atoms with van der Waals surface area (Å²) in [5.41, 5.74) is 2.37. The standard InChI is InChI=1S/C19H19N3O3/c1-2-8-24-15-5-6-16-17(9-15)25-12-14-11-22(21-18(14)16)19(23)13-4-3-7-20-10-13/h3-7,9-10,14H,2,8,11-12H2,1H3. The summed E-state index contributed by atoms with van der Waals surface area (Å²) in [6.07, 6.45) is 4.17. The third kappa shape index (κ3) is 2.95. The highest BCUT2D eigenvalue weighted by Crippen LogP contribution is 2.34. The highest BCUT2D eigenvalue weighted by Gasteiger charge is 2.36. The Balaban J connectivity index is 1.59. The number of fused-ring (bicyclic) bond motifs is 3. The minimum Gasteiger partial charge on any atom is -0.493 e. The molecule has 0 saturated carbocycles. The first-order valence-electron chi connectivity index (χ1n) is 8.46. The first kappa shape index (κ1) is 15.6. The summed E-state index contributed by atoms with van der Waals surface area (Å²) in [4.78, 5) is 16.6. The lowest BCUT2D eigenvalue weighted by Crippen LogP contribution is -2.31. The van der Waals surface area contributed by atoms with Crippen LogP contribution in [0.15, 0.2) is 47.8 Å². The molecular weight excluding hydrogens is 318 g/mol. The molecule has 0 bridgehead atoms. The van der Waals surface area contributed by atoms with E-state index in [0.717, 1.165) is 29.2 Å². The molecule has 0 fully saturated rings. The number of hydrogen-bond donors (Lipinski definition) is 0. The van der Waals surface area contributed by atoms with Gasteiger partial charge in [-0.2, -0.15) is 5.10 Å². The highest BCUT2D eigenvalue weighted by atomic mass is 16.5. The molecule has 2 aromatic rings. The van der Waals surface area contributed by atoms with Crippen LogP contribution in [0.25, 0.3) is 0 Å². The molecule has 0 N–H and O–H groups in total. The number of rotatable bonds is 4. The van der Waals surface area contributed by atoms with Crippen molar-refractivity contribution in [3.05, 3.63) is 53.9 Å². The number of aromatic nitrogens is 1. The van der Waals surface area contributed by atoms with E-state index in [4.69, 9.17) is 9.47 Å². The van der Waals surface area contributed by atoms with Gasteiger partial charge in [-0.25, -0.2) is 5.01 Å². The molecule has 3 heterocycles. The average molecular weight is 337 g/mol. The van der Waals surface area contributed by atoms with Crippen molar-refractivity contribution in [2.45, 2.75) is 13.3 Å². The maximum atomic E-state index is 12.6. The van der Waals surface area contributed by atoms with Crippen molar-refractivity contribution in [2.24, 2.45) is 11.0 Å². The van der Waals surface area contributed by atoms with E-state index in [1.54, 1.807) is 24.5 Å². The van der Waals surface area contributed by atoms with Crippen molar-refractivity contribution < 1.29 is 14.3 Å². The monoisotopic (exact) mass is 337 g/mol. The molecule has 2 aliphatic rings. The van der Waals surface area contributed by atoms with E-state index in [9.17, 15) is 4.79 Å². The SMILES string of the molecule is CCCOc1ccc2c(c1)OCC1CN(C(=O)c3cccnc3)N=C21. The molecule has 0 radical (unpaired) electrons. The van der Waals surface area contributed by atoms with Crippen molar-refractivity contribution in [1.29, 1.82) is 0 Å². The fraction of sp³-hybridized carbons (Fsp3) is 0.316. The van der Waals surface area contributed by atoms with Crippen LogP contribution in [0.2, 0.25) is 0 Å². The lowest BCUT2D eigenvalue weighted by Gasteiger charge is -2.23. The Morgan fingerprint density at radius 1 is 1.40 bits per heavy atom. The fourth-order valence-corrected chi connectivity index (χ4v) is 3.05. The molecule has 1 aromatic carbocycles. The molecule has 0 aliphatic carbocycles. The second-order valence-corrected chi connectivity index (χ2v) is 6.13. The summed E-state index contributed by atoms with van der Waals surface area (Å²) in [7, 11) is 0. The summed E-state index contributed by atoms with van der Waals surface area (Å²) in [6, 6.07) is 9.28. The van der Waals surface area contributed by atoms with Crippen LogP contribution < -0.4 is 9.47 Å². The summed E-state index contributed by atoms with van der Waals surface area (Å²) >= 11 is 0. The molecular formula is C19H19N3O3. The van der Waals surface area contributed by atoms with Gasteiger partial charge in [0, 0.05) is 24.0 Å². The molecule has 0 spiro atoms. The van der Waals surface area contributed by atoms with Gasteiger partial charge < -0.3 is 9.47 Å². The van der Waals surface area contributed by atoms with Crippen molar-refractivity contribution >= 4 is 11.6 Å². The molecule has 1 unspecified atom stereocenters. The molecule has 0 saturated heterocycles. The van der Waals surface area contributed by atoms with E-state index >= 15 is 0 Å². The van der Waals surface area contributed by atoms with Crippen LogP contribution in [0.3, 0.4) is 0 Å². The molecule has 1 aromatic heterocycles. The molecule has 1 amide bonds. The van der Waals surface area contributed by atoms with Gasteiger partial charge in [-0.05, 0) is 30.7 Å². The quantitative estimate of drug-likeness (QED) is 0.860. The van der Waals surface area contributed by atoms with Crippen LogP contribution in [0.1, 0.15) is 29.3 Å². The topological polar surface area (TPSA) is 64.0 Å². The number of amides is 1. The Morgan fingerprint density at radius 2 is 2.32 bits per heavy atom. The smallest absolute Gasteiger partial charge is 0.275 e. The van der Waals surface area contributed by atoms with Crippen molar-refractivity contribution in [1.82, 2.24) is 9.99 Å². The second-order valence-electron chi connectivity index (χ2n) is 6.13. The Kier molecular flexibility index (Phi) is 4.09. The highest BCUT2D eigenvalue weighted by molar-refractivity contribution is 6.08. The normalized spacial score (nSPS) is 18.0. The minimum atomic E-state index is -0.139. The number of hydrazone groups is 1. The van der Waals surface area contributed by atoms with Crippen LogP contribution in [-0.4, -0.2) is 41.4 Å².